The van der Waals surface area contributed by atoms with E-state index >= 15 is 0 Å². The Balaban J connectivity index is 2.08. The van der Waals surface area contributed by atoms with Crippen molar-refractivity contribution in [1.82, 2.24) is 9.88 Å². The molecule has 0 aliphatic carbocycles. The number of hydrogen-bond donors (Lipinski definition) is 1. The van der Waals surface area contributed by atoms with Gasteiger partial charge in [0, 0.05) is 19.2 Å². The fourth-order valence-corrected chi connectivity index (χ4v) is 2.67. The zero-order valence-electron chi connectivity index (χ0n) is 12.8. The molecule has 1 N–H and O–H groups in total. The lowest BCUT2D eigenvalue weighted by Gasteiger charge is -2.34. The van der Waals surface area contributed by atoms with E-state index in [9.17, 15) is 9.59 Å². The molecule has 114 valence electrons. The van der Waals surface area contributed by atoms with Crippen LogP contribution in [0, 0.1) is 6.92 Å². The predicted molar refractivity (Wildman–Crippen MR) is 81.9 cm³/mol. The first-order valence-corrected chi connectivity index (χ1v) is 7.64. The van der Waals surface area contributed by atoms with Gasteiger partial charge in [-0.2, -0.15) is 0 Å². The summed E-state index contributed by atoms with van der Waals surface area (Å²) >= 11 is 0. The quantitative estimate of drug-likeness (QED) is 0.926. The molecular formula is C16H23N3O2. The summed E-state index contributed by atoms with van der Waals surface area (Å²) in [5.41, 5.74) is 1.69. The molecule has 1 saturated heterocycles. The highest BCUT2D eigenvalue weighted by molar-refractivity contribution is 5.97. The first-order chi connectivity index (χ1) is 10.1. The number of carbonyl (C=O) groups excluding carboxylic acids is 2. The van der Waals surface area contributed by atoms with E-state index in [-0.39, 0.29) is 17.9 Å². The number of nitrogens with zero attached hydrogens (tertiary/aromatic N) is 2. The summed E-state index contributed by atoms with van der Waals surface area (Å²) in [4.78, 5) is 30.4. The first kappa shape index (κ1) is 15.5. The zero-order valence-corrected chi connectivity index (χ0v) is 12.8. The van der Waals surface area contributed by atoms with E-state index in [1.807, 2.05) is 19.9 Å². The lowest BCUT2D eigenvalue weighted by Crippen LogP contribution is -2.50. The molecule has 0 spiro atoms. The normalized spacial score (nSPS) is 18.4. The number of hydrogen-bond acceptors (Lipinski definition) is 3. The Morgan fingerprint density at radius 3 is 2.95 bits per heavy atom. The Hall–Kier alpha value is -1.91. The molecule has 5 nitrogen and oxygen atoms in total. The molecule has 1 aromatic heterocycles. The van der Waals surface area contributed by atoms with Gasteiger partial charge in [-0.3, -0.25) is 14.6 Å². The van der Waals surface area contributed by atoms with Crippen LogP contribution in [0.5, 0.6) is 0 Å². The summed E-state index contributed by atoms with van der Waals surface area (Å²) < 4.78 is 0. The van der Waals surface area contributed by atoms with Crippen molar-refractivity contribution in [3.8, 4) is 0 Å². The monoisotopic (exact) mass is 289 g/mol. The molecule has 1 fully saturated rings. The molecule has 1 atom stereocenters. The van der Waals surface area contributed by atoms with Crippen LogP contribution in [-0.2, 0) is 9.59 Å². The van der Waals surface area contributed by atoms with Gasteiger partial charge in [0.05, 0.1) is 11.9 Å². The maximum atomic E-state index is 12.5. The van der Waals surface area contributed by atoms with Crippen molar-refractivity contribution in [1.29, 1.82) is 0 Å². The maximum Gasteiger partial charge on any atom is 0.247 e. The molecule has 21 heavy (non-hydrogen) atoms. The van der Waals surface area contributed by atoms with E-state index in [1.165, 1.54) is 0 Å². The van der Waals surface area contributed by atoms with E-state index in [0.717, 1.165) is 36.9 Å². The number of amides is 2. The second-order valence-electron chi connectivity index (χ2n) is 5.53. The number of carbonyl (C=O) groups is 2. The molecule has 1 unspecified atom stereocenters. The topological polar surface area (TPSA) is 62.3 Å². The highest BCUT2D eigenvalue weighted by Gasteiger charge is 2.31. The number of anilines is 1. The summed E-state index contributed by atoms with van der Waals surface area (Å²) in [6, 6.07) is 1.51. The van der Waals surface area contributed by atoms with Gasteiger partial charge in [0.25, 0.3) is 0 Å². The average Bonchev–Trinajstić information content (AvgIpc) is 2.50. The average molecular weight is 289 g/mol. The molecule has 2 rings (SSSR count). The third-order valence-corrected chi connectivity index (χ3v) is 3.89. The second-order valence-corrected chi connectivity index (χ2v) is 5.53. The Labute approximate surface area is 125 Å². The van der Waals surface area contributed by atoms with Gasteiger partial charge in [-0.05, 0) is 44.2 Å². The van der Waals surface area contributed by atoms with Crippen LogP contribution in [0.2, 0.25) is 0 Å². The molecule has 0 saturated carbocycles. The molecule has 1 aliphatic heterocycles. The van der Waals surface area contributed by atoms with Gasteiger partial charge in [-0.15, -0.1) is 0 Å². The molecular weight excluding hydrogens is 266 g/mol. The molecule has 0 aromatic carbocycles. The van der Waals surface area contributed by atoms with Crippen LogP contribution in [0.4, 0.5) is 5.69 Å². The highest BCUT2D eigenvalue weighted by atomic mass is 16.2. The lowest BCUT2D eigenvalue weighted by molar-refractivity contribution is -0.140. The molecule has 1 aliphatic rings. The third-order valence-electron chi connectivity index (χ3n) is 3.89. The number of pyridine rings is 1. The summed E-state index contributed by atoms with van der Waals surface area (Å²) in [5.74, 6) is -0.0180. The number of likely N-dealkylation sites (tertiary alicyclic amines) is 1. The van der Waals surface area contributed by atoms with Crippen LogP contribution in [0.1, 0.15) is 44.6 Å². The van der Waals surface area contributed by atoms with E-state index in [0.29, 0.717) is 13.0 Å². The van der Waals surface area contributed by atoms with Crippen molar-refractivity contribution in [3.05, 3.63) is 24.0 Å². The van der Waals surface area contributed by atoms with Gasteiger partial charge in [-0.1, -0.05) is 6.92 Å². The van der Waals surface area contributed by atoms with Gasteiger partial charge < -0.3 is 10.2 Å². The van der Waals surface area contributed by atoms with Gasteiger partial charge in [0.2, 0.25) is 11.8 Å². The van der Waals surface area contributed by atoms with E-state index < -0.39 is 0 Å². The summed E-state index contributed by atoms with van der Waals surface area (Å²) in [6.07, 6.45) is 7.36. The van der Waals surface area contributed by atoms with E-state index in [1.54, 1.807) is 17.3 Å². The van der Waals surface area contributed by atoms with E-state index in [4.69, 9.17) is 0 Å². The Morgan fingerprint density at radius 2 is 2.24 bits per heavy atom. The van der Waals surface area contributed by atoms with Gasteiger partial charge >= 0.3 is 0 Å². The van der Waals surface area contributed by atoms with Crippen molar-refractivity contribution in [2.24, 2.45) is 0 Å². The van der Waals surface area contributed by atoms with Crippen molar-refractivity contribution < 1.29 is 9.59 Å². The fraction of sp³-hybridized carbons (Fsp3) is 0.562. The number of nitrogens with one attached hydrogen (secondary N) is 1. The minimum absolute atomic E-state index is 0.0836. The molecule has 2 heterocycles. The Morgan fingerprint density at radius 1 is 1.43 bits per heavy atom. The fourth-order valence-electron chi connectivity index (χ4n) is 2.67. The van der Waals surface area contributed by atoms with Crippen molar-refractivity contribution >= 4 is 17.5 Å². The van der Waals surface area contributed by atoms with Crippen LogP contribution in [0.25, 0.3) is 0 Å². The minimum atomic E-state index is -0.350. The van der Waals surface area contributed by atoms with Crippen molar-refractivity contribution in [2.75, 3.05) is 11.9 Å². The van der Waals surface area contributed by atoms with Crippen LogP contribution < -0.4 is 5.32 Å². The summed E-state index contributed by atoms with van der Waals surface area (Å²) in [7, 11) is 0. The molecule has 5 heteroatoms. The van der Waals surface area contributed by atoms with Gasteiger partial charge in [0.15, 0.2) is 0 Å². The Bertz CT molecular complexity index is 516. The first-order valence-electron chi connectivity index (χ1n) is 7.64. The SMILES string of the molecule is CCCC(=O)N1CCCCC1C(=O)Nc1cnccc1C. The number of rotatable bonds is 4. The van der Waals surface area contributed by atoms with Crippen molar-refractivity contribution in [2.45, 2.75) is 52.0 Å². The second kappa shape index (κ2) is 7.20. The van der Waals surface area contributed by atoms with Crippen LogP contribution in [0.15, 0.2) is 18.5 Å². The van der Waals surface area contributed by atoms with Crippen LogP contribution in [-0.4, -0.2) is 34.3 Å². The minimum Gasteiger partial charge on any atom is -0.331 e. The molecule has 1 aromatic rings. The number of piperidine rings is 1. The maximum absolute atomic E-state index is 12.5. The molecule has 0 radical (unpaired) electrons. The van der Waals surface area contributed by atoms with Gasteiger partial charge in [-0.25, -0.2) is 0 Å². The lowest BCUT2D eigenvalue weighted by atomic mass is 10.0. The molecule has 2 amide bonds. The largest absolute Gasteiger partial charge is 0.331 e. The number of aryl methyl sites for hydroxylation is 1. The summed E-state index contributed by atoms with van der Waals surface area (Å²) in [5, 5.41) is 2.91. The van der Waals surface area contributed by atoms with Crippen LogP contribution >= 0.6 is 0 Å². The highest BCUT2D eigenvalue weighted by Crippen LogP contribution is 2.21. The van der Waals surface area contributed by atoms with Gasteiger partial charge in [0.1, 0.15) is 6.04 Å². The van der Waals surface area contributed by atoms with Crippen molar-refractivity contribution in [3.63, 3.8) is 0 Å². The van der Waals surface area contributed by atoms with E-state index in [2.05, 4.69) is 10.3 Å². The standard InChI is InChI=1S/C16H23N3O2/c1-3-6-15(20)19-10-5-4-7-14(19)16(21)18-13-11-17-9-8-12(13)2/h8-9,11,14H,3-7,10H2,1-2H3,(H,18,21). The predicted octanol–water partition coefficient (Wildman–Crippen LogP) is 2.51. The smallest absolute Gasteiger partial charge is 0.247 e. The third kappa shape index (κ3) is 3.80. The number of aromatic nitrogens is 1. The zero-order chi connectivity index (χ0) is 15.2. The Kier molecular flexibility index (Phi) is 5.31. The van der Waals surface area contributed by atoms with Crippen LogP contribution in [0.3, 0.4) is 0 Å². The molecule has 0 bridgehead atoms. The summed E-state index contributed by atoms with van der Waals surface area (Å²) in [6.45, 7) is 4.59.